The Morgan fingerprint density at radius 1 is 0.929 bits per heavy atom. The summed E-state index contributed by atoms with van der Waals surface area (Å²) in [6.07, 6.45) is 3.92. The van der Waals surface area contributed by atoms with Crippen LogP contribution in [0.5, 0.6) is 0 Å². The van der Waals surface area contributed by atoms with E-state index in [9.17, 15) is 9.90 Å². The molecule has 1 saturated carbocycles. The van der Waals surface area contributed by atoms with E-state index >= 15 is 0 Å². The molecule has 2 aromatic carbocycles. The molecule has 1 heterocycles. The molecule has 2 fully saturated rings. The predicted octanol–water partition coefficient (Wildman–Crippen LogP) is 3.41. The van der Waals surface area contributed by atoms with Gasteiger partial charge in [-0.3, -0.25) is 14.6 Å². The third-order valence-corrected chi connectivity index (χ3v) is 6.34. The molecule has 4 heteroatoms. The Hall–Kier alpha value is -2.01. The number of piperazine rings is 1. The first-order valence-corrected chi connectivity index (χ1v) is 10.5. The van der Waals surface area contributed by atoms with Gasteiger partial charge in [0.25, 0.3) is 0 Å². The summed E-state index contributed by atoms with van der Waals surface area (Å²) in [5.74, 6) is 0.405. The van der Waals surface area contributed by atoms with Crippen LogP contribution in [0.2, 0.25) is 0 Å². The zero-order valence-corrected chi connectivity index (χ0v) is 16.5. The van der Waals surface area contributed by atoms with E-state index in [1.165, 1.54) is 12.0 Å². The molecule has 28 heavy (non-hydrogen) atoms. The fraction of sp³-hybridized carbons (Fsp3) is 0.458. The van der Waals surface area contributed by atoms with Gasteiger partial charge < -0.3 is 5.11 Å². The summed E-state index contributed by atoms with van der Waals surface area (Å²) in [5, 5.41) is 11.7. The molecule has 1 unspecified atom stereocenters. The van der Waals surface area contributed by atoms with Crippen LogP contribution in [0, 0.1) is 5.92 Å². The maximum absolute atomic E-state index is 13.2. The van der Waals surface area contributed by atoms with Crippen molar-refractivity contribution in [1.82, 2.24) is 9.80 Å². The summed E-state index contributed by atoms with van der Waals surface area (Å²) in [4.78, 5) is 17.6. The molecule has 1 N–H and O–H groups in total. The van der Waals surface area contributed by atoms with Crippen LogP contribution in [0.1, 0.15) is 36.8 Å². The molecule has 1 atom stereocenters. The van der Waals surface area contributed by atoms with Crippen LogP contribution < -0.4 is 0 Å². The van der Waals surface area contributed by atoms with Gasteiger partial charge in [-0.05, 0) is 11.5 Å². The highest BCUT2D eigenvalue weighted by molar-refractivity contribution is 5.88. The quantitative estimate of drug-likeness (QED) is 0.802. The topological polar surface area (TPSA) is 43.8 Å². The van der Waals surface area contributed by atoms with Crippen LogP contribution >= 0.6 is 0 Å². The summed E-state index contributed by atoms with van der Waals surface area (Å²) in [7, 11) is 0. The second-order valence-corrected chi connectivity index (χ2v) is 8.21. The van der Waals surface area contributed by atoms with Crippen LogP contribution in [0.4, 0.5) is 0 Å². The Bertz CT molecular complexity index is 768. The first-order valence-electron chi connectivity index (χ1n) is 10.5. The lowest BCUT2D eigenvalue weighted by Gasteiger charge is -2.44. The first kappa shape index (κ1) is 19.3. The minimum atomic E-state index is -1.50. The molecule has 0 spiro atoms. The maximum atomic E-state index is 13.2. The molecule has 0 radical (unpaired) electrons. The molecule has 2 aromatic rings. The number of ketones is 1. The lowest BCUT2D eigenvalue weighted by molar-refractivity contribution is -0.171. The molecule has 0 amide bonds. The Morgan fingerprint density at radius 3 is 2.11 bits per heavy atom. The lowest BCUT2D eigenvalue weighted by Crippen LogP contribution is -2.59. The number of carbonyl (C=O) groups is 1. The van der Waals surface area contributed by atoms with Crippen LogP contribution in [0.25, 0.3) is 0 Å². The van der Waals surface area contributed by atoms with Crippen molar-refractivity contribution in [1.29, 1.82) is 0 Å². The average Bonchev–Trinajstić information content (AvgIpc) is 2.72. The van der Waals surface area contributed by atoms with Crippen molar-refractivity contribution in [3.63, 3.8) is 0 Å². The van der Waals surface area contributed by atoms with Crippen molar-refractivity contribution in [3.05, 3.63) is 71.8 Å². The highest BCUT2D eigenvalue weighted by Crippen LogP contribution is 2.35. The van der Waals surface area contributed by atoms with Gasteiger partial charge in [0.05, 0.1) is 0 Å². The smallest absolute Gasteiger partial charge is 0.205 e. The maximum Gasteiger partial charge on any atom is 0.205 e. The van der Waals surface area contributed by atoms with E-state index in [0.717, 1.165) is 32.5 Å². The Morgan fingerprint density at radius 2 is 1.54 bits per heavy atom. The highest BCUT2D eigenvalue weighted by atomic mass is 16.3. The fourth-order valence-corrected chi connectivity index (χ4v) is 4.36. The molecular weight excluding hydrogens is 348 g/mol. The van der Waals surface area contributed by atoms with Crippen molar-refractivity contribution in [3.8, 4) is 0 Å². The molecule has 2 aliphatic rings. The Kier molecular flexibility index (Phi) is 5.90. The third kappa shape index (κ3) is 4.04. The number of nitrogens with zero attached hydrogens (tertiary/aromatic N) is 2. The van der Waals surface area contributed by atoms with E-state index in [0.29, 0.717) is 31.0 Å². The molecule has 148 valence electrons. The second kappa shape index (κ2) is 8.56. The van der Waals surface area contributed by atoms with E-state index in [4.69, 9.17) is 0 Å². The van der Waals surface area contributed by atoms with Crippen molar-refractivity contribution in [2.24, 2.45) is 5.92 Å². The fourth-order valence-electron chi connectivity index (χ4n) is 4.36. The number of hydrogen-bond acceptors (Lipinski definition) is 4. The van der Waals surface area contributed by atoms with Gasteiger partial charge in [-0.25, -0.2) is 0 Å². The number of aliphatic hydroxyl groups is 1. The highest BCUT2D eigenvalue weighted by Gasteiger charge is 2.45. The minimum Gasteiger partial charge on any atom is -0.365 e. The van der Waals surface area contributed by atoms with Crippen LogP contribution in [-0.2, 0) is 17.1 Å². The molecule has 1 saturated heterocycles. The summed E-state index contributed by atoms with van der Waals surface area (Å²) in [6, 6.07) is 20.0. The van der Waals surface area contributed by atoms with Gasteiger partial charge >= 0.3 is 0 Å². The number of Topliss-reactive ketones (excluding diaryl/α,β-unsaturated/α-hetero) is 1. The predicted molar refractivity (Wildman–Crippen MR) is 111 cm³/mol. The van der Waals surface area contributed by atoms with Crippen LogP contribution in [0.15, 0.2) is 60.7 Å². The molecule has 1 aliphatic carbocycles. The molecule has 4 rings (SSSR count). The monoisotopic (exact) mass is 378 g/mol. The molecule has 4 nitrogen and oxygen atoms in total. The zero-order chi connectivity index (χ0) is 19.4. The van der Waals surface area contributed by atoms with Crippen molar-refractivity contribution in [2.75, 3.05) is 26.2 Å². The van der Waals surface area contributed by atoms with Gasteiger partial charge in [0.15, 0.2) is 5.78 Å². The van der Waals surface area contributed by atoms with E-state index in [-0.39, 0.29) is 5.78 Å². The van der Waals surface area contributed by atoms with Crippen LogP contribution in [0.3, 0.4) is 0 Å². The number of rotatable bonds is 7. The molecule has 0 aromatic heterocycles. The summed E-state index contributed by atoms with van der Waals surface area (Å²) >= 11 is 0. The Balaban J connectivity index is 1.47. The summed E-state index contributed by atoms with van der Waals surface area (Å²) < 4.78 is 0. The van der Waals surface area contributed by atoms with Gasteiger partial charge in [0, 0.05) is 44.7 Å². The van der Waals surface area contributed by atoms with Crippen LogP contribution in [-0.4, -0.2) is 46.9 Å². The van der Waals surface area contributed by atoms with E-state index in [2.05, 4.69) is 29.2 Å². The van der Waals surface area contributed by atoms with Crippen molar-refractivity contribution >= 4 is 5.78 Å². The van der Waals surface area contributed by atoms with Gasteiger partial charge in [-0.2, -0.15) is 0 Å². The molecular formula is C24H30N2O2. The average molecular weight is 379 g/mol. The Labute approximate surface area is 167 Å². The minimum absolute atomic E-state index is 0.0418. The third-order valence-electron chi connectivity index (χ3n) is 6.34. The largest absolute Gasteiger partial charge is 0.365 e. The number of carbonyl (C=O) groups excluding carboxylic acids is 1. The van der Waals surface area contributed by atoms with E-state index in [1.54, 1.807) is 0 Å². The first-order chi connectivity index (χ1) is 13.7. The summed E-state index contributed by atoms with van der Waals surface area (Å²) in [5.41, 5.74) is 0.501. The number of benzene rings is 2. The summed E-state index contributed by atoms with van der Waals surface area (Å²) in [6.45, 7) is 3.99. The van der Waals surface area contributed by atoms with E-state index < -0.39 is 5.72 Å². The van der Waals surface area contributed by atoms with Crippen molar-refractivity contribution in [2.45, 2.75) is 38.0 Å². The molecule has 0 bridgehead atoms. The van der Waals surface area contributed by atoms with E-state index in [1.807, 2.05) is 41.3 Å². The van der Waals surface area contributed by atoms with Gasteiger partial charge in [-0.1, -0.05) is 79.9 Å². The second-order valence-electron chi connectivity index (χ2n) is 8.21. The normalized spacial score (nSPS) is 21.0. The van der Waals surface area contributed by atoms with Crippen molar-refractivity contribution < 1.29 is 9.90 Å². The SMILES string of the molecule is O=C(CC1CCC1)C(O)(c1ccccc1)N1CCN(Cc2ccccc2)CC1. The van der Waals surface area contributed by atoms with Gasteiger partial charge in [0.1, 0.15) is 0 Å². The standard InChI is InChI=1S/C24H30N2O2/c27-23(18-20-10-7-11-20)24(28,22-12-5-2-6-13-22)26-16-14-25(15-17-26)19-21-8-3-1-4-9-21/h1-6,8-9,12-13,20,28H,7,10-11,14-19H2. The molecule has 1 aliphatic heterocycles. The zero-order valence-electron chi connectivity index (χ0n) is 16.5. The number of hydrogen-bond donors (Lipinski definition) is 1. The lowest BCUT2D eigenvalue weighted by atomic mass is 9.79. The van der Waals surface area contributed by atoms with Gasteiger partial charge in [-0.15, -0.1) is 0 Å². The van der Waals surface area contributed by atoms with Gasteiger partial charge in [0.2, 0.25) is 5.72 Å².